The second-order valence-corrected chi connectivity index (χ2v) is 7.50. The van der Waals surface area contributed by atoms with Gasteiger partial charge in [-0.25, -0.2) is 9.97 Å². The van der Waals surface area contributed by atoms with Crippen LogP contribution in [0.1, 0.15) is 21.1 Å². The smallest absolute Gasteiger partial charge is 0.240 e. The fraction of sp³-hybridized carbons (Fsp3) is 0.0455. The summed E-state index contributed by atoms with van der Waals surface area (Å²) in [4.78, 5) is 23.4. The van der Waals surface area contributed by atoms with Crippen LogP contribution in [-0.4, -0.2) is 15.8 Å². The number of nitrogens with zero attached hydrogens (tertiary/aromatic N) is 2. The fourth-order valence-corrected chi connectivity index (χ4v) is 4.38. The minimum atomic E-state index is -0.239. The van der Waals surface area contributed by atoms with E-state index in [0.717, 1.165) is 22.0 Å². The van der Waals surface area contributed by atoms with Gasteiger partial charge in [0.15, 0.2) is 11.6 Å². The Labute approximate surface area is 164 Å². The standard InChI is InChI=1S/C22H15N3O2S/c1-12-17-18(23)20(19(26)16-11-14-9-5-6-10-15(14)27-16)28-22(17)25-21(24-12)13-7-3-2-4-8-13/h2-11H,23H2,1H3. The van der Waals surface area contributed by atoms with Crippen molar-refractivity contribution in [3.05, 3.63) is 77.0 Å². The molecule has 136 valence electrons. The highest BCUT2D eigenvalue weighted by molar-refractivity contribution is 7.21. The van der Waals surface area contributed by atoms with E-state index in [-0.39, 0.29) is 11.5 Å². The Balaban J connectivity index is 1.64. The molecule has 0 aliphatic heterocycles. The first-order chi connectivity index (χ1) is 13.6. The van der Waals surface area contributed by atoms with E-state index >= 15 is 0 Å². The van der Waals surface area contributed by atoms with Crippen molar-refractivity contribution in [2.45, 2.75) is 6.92 Å². The summed E-state index contributed by atoms with van der Waals surface area (Å²) in [6.45, 7) is 1.88. The maximum Gasteiger partial charge on any atom is 0.240 e. The van der Waals surface area contributed by atoms with Crippen LogP contribution in [0.5, 0.6) is 0 Å². The van der Waals surface area contributed by atoms with Gasteiger partial charge in [0.1, 0.15) is 15.3 Å². The van der Waals surface area contributed by atoms with Gasteiger partial charge in [-0.05, 0) is 19.1 Å². The van der Waals surface area contributed by atoms with Crippen LogP contribution in [-0.2, 0) is 0 Å². The highest BCUT2D eigenvalue weighted by Gasteiger charge is 2.23. The maximum absolute atomic E-state index is 13.1. The number of ketones is 1. The third-order valence-electron chi connectivity index (χ3n) is 4.66. The predicted molar refractivity (Wildman–Crippen MR) is 112 cm³/mol. The SMILES string of the molecule is Cc1nc(-c2ccccc2)nc2sc(C(=O)c3cc4ccccc4o3)c(N)c12. The molecule has 2 aromatic carbocycles. The first-order valence-corrected chi connectivity index (χ1v) is 9.59. The van der Waals surface area contributed by atoms with E-state index in [4.69, 9.17) is 10.2 Å². The number of rotatable bonds is 3. The number of nitrogens with two attached hydrogens (primary N) is 1. The minimum Gasteiger partial charge on any atom is -0.453 e. The molecule has 0 unspecified atom stereocenters. The number of hydrogen-bond acceptors (Lipinski definition) is 6. The third-order valence-corrected chi connectivity index (χ3v) is 5.76. The number of anilines is 1. The number of thiophene rings is 1. The van der Waals surface area contributed by atoms with Crippen LogP contribution in [0.4, 0.5) is 5.69 Å². The molecule has 0 spiro atoms. The van der Waals surface area contributed by atoms with Gasteiger partial charge in [0.2, 0.25) is 5.78 Å². The molecule has 0 bridgehead atoms. The molecule has 5 nitrogen and oxygen atoms in total. The molecule has 5 aromatic rings. The average Bonchev–Trinajstić information content (AvgIpc) is 3.29. The van der Waals surface area contributed by atoms with Crippen LogP contribution in [0.3, 0.4) is 0 Å². The van der Waals surface area contributed by atoms with Crippen molar-refractivity contribution < 1.29 is 9.21 Å². The molecule has 0 saturated heterocycles. The quantitative estimate of drug-likeness (QED) is 0.430. The molecule has 0 fully saturated rings. The zero-order valence-corrected chi connectivity index (χ0v) is 15.8. The van der Waals surface area contributed by atoms with Gasteiger partial charge < -0.3 is 10.2 Å². The molecule has 6 heteroatoms. The number of aromatic nitrogens is 2. The molecule has 3 heterocycles. The van der Waals surface area contributed by atoms with Crippen LogP contribution in [0.2, 0.25) is 0 Å². The molecule has 3 aromatic heterocycles. The summed E-state index contributed by atoms with van der Waals surface area (Å²) in [5, 5.41) is 1.61. The zero-order valence-electron chi connectivity index (χ0n) is 15.0. The summed E-state index contributed by atoms with van der Waals surface area (Å²) in [7, 11) is 0. The van der Waals surface area contributed by atoms with Crippen molar-refractivity contribution in [1.82, 2.24) is 9.97 Å². The third kappa shape index (κ3) is 2.58. The van der Waals surface area contributed by atoms with Crippen LogP contribution >= 0.6 is 11.3 Å². The maximum atomic E-state index is 13.1. The van der Waals surface area contributed by atoms with Crippen LogP contribution in [0, 0.1) is 6.92 Å². The first-order valence-electron chi connectivity index (χ1n) is 8.77. The minimum absolute atomic E-state index is 0.239. The molecule has 0 radical (unpaired) electrons. The van der Waals surface area contributed by atoms with Gasteiger partial charge in [0, 0.05) is 10.9 Å². The van der Waals surface area contributed by atoms with Crippen molar-refractivity contribution in [3.8, 4) is 11.4 Å². The molecule has 28 heavy (non-hydrogen) atoms. The number of para-hydroxylation sites is 1. The lowest BCUT2D eigenvalue weighted by Gasteiger charge is -2.03. The molecule has 0 amide bonds. The summed E-state index contributed by atoms with van der Waals surface area (Å²) < 4.78 is 5.72. The van der Waals surface area contributed by atoms with E-state index in [0.29, 0.717) is 26.8 Å². The van der Waals surface area contributed by atoms with Crippen LogP contribution in [0.15, 0.2) is 65.1 Å². The summed E-state index contributed by atoms with van der Waals surface area (Å²) in [5.41, 5.74) is 9.08. The highest BCUT2D eigenvalue weighted by Crippen LogP contribution is 2.37. The number of hydrogen-bond donors (Lipinski definition) is 1. The van der Waals surface area contributed by atoms with Gasteiger partial charge in [-0.1, -0.05) is 48.5 Å². The van der Waals surface area contributed by atoms with Crippen molar-refractivity contribution in [1.29, 1.82) is 0 Å². The molecule has 0 atom stereocenters. The van der Waals surface area contributed by atoms with Gasteiger partial charge >= 0.3 is 0 Å². The van der Waals surface area contributed by atoms with E-state index in [1.165, 1.54) is 11.3 Å². The monoisotopic (exact) mass is 385 g/mol. The summed E-state index contributed by atoms with van der Waals surface area (Å²) in [5.74, 6) is 0.653. The van der Waals surface area contributed by atoms with Gasteiger partial charge in [0.25, 0.3) is 0 Å². The Morgan fingerprint density at radius 1 is 1.04 bits per heavy atom. The largest absolute Gasteiger partial charge is 0.453 e. The number of aryl methyl sites for hydroxylation is 1. The normalized spacial score (nSPS) is 11.3. The summed E-state index contributed by atoms with van der Waals surface area (Å²) in [6.07, 6.45) is 0. The average molecular weight is 385 g/mol. The molecular formula is C22H15N3O2S. The topological polar surface area (TPSA) is 82.0 Å². The molecule has 2 N–H and O–H groups in total. The van der Waals surface area contributed by atoms with Crippen molar-refractivity contribution in [2.75, 3.05) is 5.73 Å². The second kappa shape index (κ2) is 6.28. The number of furan rings is 1. The first kappa shape index (κ1) is 16.6. The van der Waals surface area contributed by atoms with Crippen molar-refractivity contribution in [2.24, 2.45) is 0 Å². The van der Waals surface area contributed by atoms with E-state index < -0.39 is 0 Å². The van der Waals surface area contributed by atoms with Crippen molar-refractivity contribution in [3.63, 3.8) is 0 Å². The number of nitrogen functional groups attached to an aromatic ring is 1. The molecule has 0 aliphatic carbocycles. The van der Waals surface area contributed by atoms with E-state index in [9.17, 15) is 4.79 Å². The van der Waals surface area contributed by atoms with E-state index in [2.05, 4.69) is 9.97 Å². The lowest BCUT2D eigenvalue weighted by Crippen LogP contribution is -2.01. The Morgan fingerprint density at radius 2 is 1.79 bits per heavy atom. The van der Waals surface area contributed by atoms with E-state index in [1.54, 1.807) is 6.07 Å². The highest BCUT2D eigenvalue weighted by atomic mass is 32.1. The second-order valence-electron chi connectivity index (χ2n) is 6.50. The molecule has 0 saturated carbocycles. The lowest BCUT2D eigenvalue weighted by molar-refractivity contribution is 0.102. The fourth-order valence-electron chi connectivity index (χ4n) is 3.29. The Kier molecular flexibility index (Phi) is 3.74. The Morgan fingerprint density at radius 3 is 2.57 bits per heavy atom. The number of benzene rings is 2. The number of carbonyl (C=O) groups is 1. The lowest BCUT2D eigenvalue weighted by atomic mass is 10.1. The van der Waals surface area contributed by atoms with Crippen molar-refractivity contribution >= 4 is 44.0 Å². The Bertz CT molecular complexity index is 1320. The summed E-state index contributed by atoms with van der Waals surface area (Å²) >= 11 is 1.27. The van der Waals surface area contributed by atoms with Crippen LogP contribution < -0.4 is 5.73 Å². The molecular weight excluding hydrogens is 370 g/mol. The molecule has 5 rings (SSSR count). The van der Waals surface area contributed by atoms with E-state index in [1.807, 2.05) is 61.5 Å². The molecule has 0 aliphatic rings. The van der Waals surface area contributed by atoms with Crippen LogP contribution in [0.25, 0.3) is 32.6 Å². The zero-order chi connectivity index (χ0) is 19.3. The summed E-state index contributed by atoms with van der Waals surface area (Å²) in [6, 6.07) is 19.0. The predicted octanol–water partition coefficient (Wildman–Crippen LogP) is 5.23. The van der Waals surface area contributed by atoms with Gasteiger partial charge in [0.05, 0.1) is 16.8 Å². The Hall–Kier alpha value is -3.51. The van der Waals surface area contributed by atoms with Gasteiger partial charge in [-0.3, -0.25) is 4.79 Å². The number of carbonyl (C=O) groups excluding carboxylic acids is 1. The van der Waals surface area contributed by atoms with Gasteiger partial charge in [-0.15, -0.1) is 11.3 Å². The van der Waals surface area contributed by atoms with Gasteiger partial charge in [-0.2, -0.15) is 0 Å². The number of fused-ring (bicyclic) bond motifs is 2.